The Bertz CT molecular complexity index is 609. The summed E-state index contributed by atoms with van der Waals surface area (Å²) in [7, 11) is -0.857. The molecule has 3 N–H and O–H groups in total. The van der Waals surface area contributed by atoms with Crippen LogP contribution in [-0.4, -0.2) is 44.1 Å². The molecule has 1 aliphatic carbocycles. The van der Waals surface area contributed by atoms with Gasteiger partial charge in [0.15, 0.2) is 0 Å². The summed E-state index contributed by atoms with van der Waals surface area (Å²) in [6, 6.07) is 4.43. The Labute approximate surface area is 125 Å². The highest BCUT2D eigenvalue weighted by atomic mass is 32.2. The number of benzene rings is 1. The molecule has 21 heavy (non-hydrogen) atoms. The van der Waals surface area contributed by atoms with Crippen LogP contribution in [0.1, 0.15) is 25.7 Å². The van der Waals surface area contributed by atoms with Gasteiger partial charge in [-0.25, -0.2) is 8.42 Å². The van der Waals surface area contributed by atoms with Gasteiger partial charge in [-0.3, -0.25) is 0 Å². The van der Waals surface area contributed by atoms with E-state index in [4.69, 9.17) is 10.5 Å². The van der Waals surface area contributed by atoms with E-state index in [0.29, 0.717) is 18.5 Å². The monoisotopic (exact) mass is 314 g/mol. The molecule has 1 aromatic rings. The molecule has 0 saturated heterocycles. The van der Waals surface area contributed by atoms with Crippen molar-refractivity contribution in [3.8, 4) is 5.75 Å². The molecule has 2 rings (SSSR count). The highest BCUT2D eigenvalue weighted by Gasteiger charge is 2.36. The molecular formula is C14H22N2O4S. The van der Waals surface area contributed by atoms with E-state index in [1.807, 2.05) is 0 Å². The van der Waals surface area contributed by atoms with Gasteiger partial charge in [-0.2, -0.15) is 4.31 Å². The van der Waals surface area contributed by atoms with E-state index in [-0.39, 0.29) is 17.2 Å². The van der Waals surface area contributed by atoms with Gasteiger partial charge >= 0.3 is 0 Å². The van der Waals surface area contributed by atoms with Crippen molar-refractivity contribution in [2.45, 2.75) is 36.2 Å². The van der Waals surface area contributed by atoms with Crippen LogP contribution in [-0.2, 0) is 10.0 Å². The van der Waals surface area contributed by atoms with E-state index in [1.165, 1.54) is 36.7 Å². The molecule has 0 heterocycles. The number of anilines is 1. The van der Waals surface area contributed by atoms with Crippen LogP contribution < -0.4 is 10.5 Å². The van der Waals surface area contributed by atoms with Gasteiger partial charge in [0.25, 0.3) is 0 Å². The van der Waals surface area contributed by atoms with Gasteiger partial charge in [0.05, 0.1) is 12.7 Å². The first-order valence-corrected chi connectivity index (χ1v) is 8.35. The molecule has 0 bridgehead atoms. The maximum Gasteiger partial charge on any atom is 0.246 e. The Morgan fingerprint density at radius 3 is 2.57 bits per heavy atom. The minimum Gasteiger partial charge on any atom is -0.495 e. The third-order valence-corrected chi connectivity index (χ3v) is 5.77. The van der Waals surface area contributed by atoms with Crippen molar-refractivity contribution in [1.29, 1.82) is 0 Å². The lowest BCUT2D eigenvalue weighted by atomic mass is 10.0. The normalized spacial score (nSPS) is 18.1. The molecule has 1 aliphatic rings. The van der Waals surface area contributed by atoms with Crippen molar-refractivity contribution in [2.75, 3.05) is 26.4 Å². The van der Waals surface area contributed by atoms with Crippen LogP contribution in [0.2, 0.25) is 0 Å². The Morgan fingerprint density at radius 2 is 2.00 bits per heavy atom. The zero-order valence-electron chi connectivity index (χ0n) is 12.4. The van der Waals surface area contributed by atoms with Crippen molar-refractivity contribution in [2.24, 2.45) is 0 Å². The average Bonchev–Trinajstić information content (AvgIpc) is 2.84. The molecule has 0 unspecified atom stereocenters. The van der Waals surface area contributed by atoms with E-state index in [9.17, 15) is 13.5 Å². The molecule has 0 aliphatic heterocycles. The van der Waals surface area contributed by atoms with Crippen LogP contribution in [0.3, 0.4) is 0 Å². The van der Waals surface area contributed by atoms with Crippen LogP contribution in [0.25, 0.3) is 0 Å². The Hall–Kier alpha value is -1.31. The number of nitrogen functional groups attached to an aromatic ring is 1. The molecule has 118 valence electrons. The molecule has 6 nitrogen and oxygen atoms in total. The lowest BCUT2D eigenvalue weighted by Crippen LogP contribution is -2.42. The zero-order chi connectivity index (χ0) is 15.7. The summed E-state index contributed by atoms with van der Waals surface area (Å²) >= 11 is 0. The van der Waals surface area contributed by atoms with Crippen molar-refractivity contribution in [1.82, 2.24) is 4.31 Å². The second-order valence-electron chi connectivity index (χ2n) is 5.60. The minimum atomic E-state index is -3.73. The maximum absolute atomic E-state index is 12.6. The number of nitrogens with zero attached hydrogens (tertiary/aromatic N) is 1. The number of hydrogen-bond donors (Lipinski definition) is 2. The largest absolute Gasteiger partial charge is 0.495 e. The molecule has 0 radical (unpaired) electrons. The number of methoxy groups -OCH3 is 1. The third kappa shape index (κ3) is 3.30. The van der Waals surface area contributed by atoms with Gasteiger partial charge in [-0.1, -0.05) is 12.8 Å². The quantitative estimate of drug-likeness (QED) is 0.797. The standard InChI is InChI=1S/C14H22N2O4S/c1-16(10-14(17)7-3-4-8-14)21(18,19)13-6-5-11(15)9-12(13)20-2/h5-6,9,17H,3-4,7-8,10,15H2,1-2H3. The first-order chi connectivity index (χ1) is 9.78. The highest BCUT2D eigenvalue weighted by molar-refractivity contribution is 7.89. The highest BCUT2D eigenvalue weighted by Crippen LogP contribution is 2.33. The second kappa shape index (κ2) is 5.82. The number of rotatable bonds is 5. The first-order valence-electron chi connectivity index (χ1n) is 6.91. The fraction of sp³-hybridized carbons (Fsp3) is 0.571. The van der Waals surface area contributed by atoms with E-state index >= 15 is 0 Å². The van der Waals surface area contributed by atoms with Gasteiger partial charge in [0.1, 0.15) is 10.6 Å². The average molecular weight is 314 g/mol. The first kappa shape index (κ1) is 16.1. The molecule has 1 aromatic carbocycles. The summed E-state index contributed by atoms with van der Waals surface area (Å²) in [5.74, 6) is 0.209. The van der Waals surface area contributed by atoms with Crippen molar-refractivity contribution < 1.29 is 18.3 Å². The van der Waals surface area contributed by atoms with Crippen LogP contribution in [0, 0.1) is 0 Å². The van der Waals surface area contributed by atoms with Crippen molar-refractivity contribution in [3.05, 3.63) is 18.2 Å². The van der Waals surface area contributed by atoms with Crippen molar-refractivity contribution in [3.63, 3.8) is 0 Å². The number of aliphatic hydroxyl groups is 1. The summed E-state index contributed by atoms with van der Waals surface area (Å²) in [5.41, 5.74) is 5.15. The Morgan fingerprint density at radius 1 is 1.38 bits per heavy atom. The molecule has 7 heteroatoms. The second-order valence-corrected chi connectivity index (χ2v) is 7.62. The number of sulfonamides is 1. The number of likely N-dealkylation sites (N-methyl/N-ethyl adjacent to an activating group) is 1. The molecular weight excluding hydrogens is 292 g/mol. The smallest absolute Gasteiger partial charge is 0.246 e. The molecule has 0 amide bonds. The van der Waals surface area contributed by atoms with Crippen LogP contribution >= 0.6 is 0 Å². The number of ether oxygens (including phenoxy) is 1. The topological polar surface area (TPSA) is 92.9 Å². The molecule has 1 saturated carbocycles. The Balaban J connectivity index is 2.29. The summed E-state index contributed by atoms with van der Waals surface area (Å²) < 4.78 is 31.6. The third-order valence-electron chi connectivity index (χ3n) is 3.93. The fourth-order valence-corrected chi connectivity index (χ4v) is 4.14. The van der Waals surface area contributed by atoms with Gasteiger partial charge in [0.2, 0.25) is 10.0 Å². The summed E-state index contributed by atoms with van der Waals surface area (Å²) in [5, 5.41) is 10.4. The predicted octanol–water partition coefficient (Wildman–Crippen LogP) is 1.20. The summed E-state index contributed by atoms with van der Waals surface area (Å²) in [6.45, 7) is 0.0862. The summed E-state index contributed by atoms with van der Waals surface area (Å²) in [4.78, 5) is 0.0586. The summed E-state index contributed by atoms with van der Waals surface area (Å²) in [6.07, 6.45) is 3.11. The van der Waals surface area contributed by atoms with Crippen LogP contribution in [0.5, 0.6) is 5.75 Å². The van der Waals surface area contributed by atoms with Crippen LogP contribution in [0.4, 0.5) is 5.69 Å². The van der Waals surface area contributed by atoms with E-state index < -0.39 is 15.6 Å². The maximum atomic E-state index is 12.6. The fourth-order valence-electron chi connectivity index (χ4n) is 2.76. The van der Waals surface area contributed by atoms with E-state index in [0.717, 1.165) is 12.8 Å². The minimum absolute atomic E-state index is 0.0586. The SMILES string of the molecule is COc1cc(N)ccc1S(=O)(=O)N(C)CC1(O)CCCC1. The molecule has 0 atom stereocenters. The zero-order valence-corrected chi connectivity index (χ0v) is 13.2. The number of nitrogens with two attached hydrogens (primary N) is 1. The Kier molecular flexibility index (Phi) is 4.46. The molecule has 0 aromatic heterocycles. The van der Waals surface area contributed by atoms with Gasteiger partial charge < -0.3 is 15.6 Å². The van der Waals surface area contributed by atoms with Gasteiger partial charge in [0, 0.05) is 25.3 Å². The molecule has 1 fully saturated rings. The van der Waals surface area contributed by atoms with Gasteiger partial charge in [-0.05, 0) is 25.0 Å². The lowest BCUT2D eigenvalue weighted by molar-refractivity contribution is 0.0333. The van der Waals surface area contributed by atoms with E-state index in [1.54, 1.807) is 0 Å². The van der Waals surface area contributed by atoms with E-state index in [2.05, 4.69) is 0 Å². The lowest BCUT2D eigenvalue weighted by Gasteiger charge is -2.28. The molecule has 0 spiro atoms. The predicted molar refractivity (Wildman–Crippen MR) is 80.6 cm³/mol. The van der Waals surface area contributed by atoms with Gasteiger partial charge in [-0.15, -0.1) is 0 Å². The van der Waals surface area contributed by atoms with Crippen LogP contribution in [0.15, 0.2) is 23.1 Å². The number of hydrogen-bond acceptors (Lipinski definition) is 5. The van der Waals surface area contributed by atoms with Crippen molar-refractivity contribution >= 4 is 15.7 Å².